The highest BCUT2D eigenvalue weighted by Gasteiger charge is 2.67. The van der Waals surface area contributed by atoms with E-state index < -0.39 is 46.9 Å². The first kappa shape index (κ1) is 24.8. The number of ketones is 2. The van der Waals surface area contributed by atoms with Gasteiger partial charge in [0, 0.05) is 30.6 Å². The van der Waals surface area contributed by atoms with E-state index in [1.165, 1.54) is 13.0 Å². The van der Waals surface area contributed by atoms with Crippen LogP contribution in [-0.4, -0.2) is 41.9 Å². The van der Waals surface area contributed by atoms with Crippen molar-refractivity contribution in [3.05, 3.63) is 23.3 Å². The number of fused-ring (bicyclic) bond motifs is 5. The van der Waals surface area contributed by atoms with Gasteiger partial charge >= 0.3 is 11.9 Å². The second-order valence-corrected chi connectivity index (χ2v) is 10.9. The summed E-state index contributed by atoms with van der Waals surface area (Å²) in [5.41, 5.74) is -0.898. The Hall–Kier alpha value is -2.31. The molecule has 0 heterocycles. The number of rotatable bonds is 6. The Morgan fingerprint density at radius 2 is 1.91 bits per heavy atom. The van der Waals surface area contributed by atoms with Crippen LogP contribution in [0, 0.1) is 22.7 Å². The lowest BCUT2D eigenvalue weighted by Crippen LogP contribution is -2.58. The van der Waals surface area contributed by atoms with Crippen LogP contribution in [0.3, 0.4) is 0 Å². The second kappa shape index (κ2) is 8.72. The van der Waals surface area contributed by atoms with E-state index in [0.29, 0.717) is 44.1 Å². The molecule has 0 amide bonds. The minimum atomic E-state index is -1.41. The zero-order chi connectivity index (χ0) is 24.9. The number of alkyl halides is 1. The zero-order valence-electron chi connectivity index (χ0n) is 20.6. The van der Waals surface area contributed by atoms with Crippen LogP contribution < -0.4 is 0 Å². The lowest BCUT2D eigenvalue weighted by Gasteiger charge is -2.55. The topological polar surface area (TPSA) is 86.7 Å². The number of carbonyl (C=O) groups excluding carboxylic acids is 4. The van der Waals surface area contributed by atoms with Gasteiger partial charge in [-0.1, -0.05) is 32.4 Å². The quantitative estimate of drug-likeness (QED) is 0.413. The minimum absolute atomic E-state index is 0.0198. The standard InChI is InChI=1S/C27H35FO6/c1-5-6-24(32)34-27(23(31)15-33-16(2)29)12-9-20-18-14-22(28)21-13-17(30)7-10-25(21,3)19(18)8-11-26(20,27)4/h8,13,18,20,22H,5-7,9-12,14-15H2,1-4H3/t18-,20+,22+,25-,26+,27+/m1/s1. The molecule has 0 aliphatic heterocycles. The van der Waals surface area contributed by atoms with Crippen molar-refractivity contribution in [3.8, 4) is 0 Å². The van der Waals surface area contributed by atoms with E-state index in [-0.39, 0.29) is 30.5 Å². The zero-order valence-corrected chi connectivity index (χ0v) is 20.6. The average Bonchev–Trinajstić information content (AvgIpc) is 3.07. The molecule has 0 aromatic heterocycles. The molecule has 0 N–H and O–H groups in total. The molecule has 4 rings (SSSR count). The van der Waals surface area contributed by atoms with E-state index in [2.05, 4.69) is 6.08 Å². The fourth-order valence-electron chi connectivity index (χ4n) is 7.27. The molecule has 0 aromatic carbocycles. The van der Waals surface area contributed by atoms with Crippen molar-refractivity contribution in [1.29, 1.82) is 0 Å². The maximum Gasteiger partial charge on any atom is 0.306 e. The van der Waals surface area contributed by atoms with Crippen molar-refractivity contribution in [2.75, 3.05) is 6.61 Å². The summed E-state index contributed by atoms with van der Waals surface area (Å²) < 4.78 is 26.5. The second-order valence-electron chi connectivity index (χ2n) is 10.9. The van der Waals surface area contributed by atoms with Gasteiger partial charge in [0.1, 0.15) is 6.17 Å². The van der Waals surface area contributed by atoms with Crippen molar-refractivity contribution in [1.82, 2.24) is 0 Å². The molecule has 6 atom stereocenters. The molecule has 4 aliphatic rings. The SMILES string of the molecule is CCCC(=O)O[C@]1(C(=O)COC(C)=O)CC[C@H]2[C@@H]3C[C@H](F)C4=CC(=O)CC[C@]4(C)C3=CC[C@@]21C. The molecular formula is C27H35FO6. The lowest BCUT2D eigenvalue weighted by molar-refractivity contribution is -0.186. The van der Waals surface area contributed by atoms with Crippen molar-refractivity contribution in [3.63, 3.8) is 0 Å². The van der Waals surface area contributed by atoms with Gasteiger partial charge in [0.25, 0.3) is 0 Å². The van der Waals surface area contributed by atoms with Crippen LogP contribution in [0.5, 0.6) is 0 Å². The molecule has 0 saturated heterocycles. The van der Waals surface area contributed by atoms with Crippen molar-refractivity contribution in [2.45, 2.75) is 90.8 Å². The van der Waals surface area contributed by atoms with Gasteiger partial charge < -0.3 is 9.47 Å². The van der Waals surface area contributed by atoms with Gasteiger partial charge in [-0.05, 0) is 62.0 Å². The Morgan fingerprint density at radius 1 is 1.18 bits per heavy atom. The van der Waals surface area contributed by atoms with Crippen LogP contribution in [0.2, 0.25) is 0 Å². The van der Waals surface area contributed by atoms with Crippen LogP contribution in [0.15, 0.2) is 23.3 Å². The van der Waals surface area contributed by atoms with E-state index in [9.17, 15) is 19.2 Å². The molecule has 4 aliphatic carbocycles. The van der Waals surface area contributed by atoms with Gasteiger partial charge in [-0.2, -0.15) is 0 Å². The maximum absolute atomic E-state index is 15.5. The van der Waals surface area contributed by atoms with E-state index in [1.807, 2.05) is 20.8 Å². The van der Waals surface area contributed by atoms with Gasteiger partial charge in [-0.25, -0.2) is 4.39 Å². The summed E-state index contributed by atoms with van der Waals surface area (Å²) in [6, 6.07) is 0. The first-order chi connectivity index (χ1) is 16.0. The number of halogens is 1. The number of ether oxygens (including phenoxy) is 2. The van der Waals surface area contributed by atoms with Crippen molar-refractivity contribution in [2.24, 2.45) is 22.7 Å². The molecule has 7 heteroatoms. The van der Waals surface area contributed by atoms with Crippen molar-refractivity contribution < 1.29 is 33.0 Å². The maximum atomic E-state index is 15.5. The summed E-state index contributed by atoms with van der Waals surface area (Å²) in [5, 5.41) is 0. The lowest BCUT2D eigenvalue weighted by atomic mass is 9.50. The number of allylic oxidation sites excluding steroid dienone is 4. The van der Waals surface area contributed by atoms with E-state index in [1.54, 1.807) is 0 Å². The highest BCUT2D eigenvalue weighted by atomic mass is 19.1. The highest BCUT2D eigenvalue weighted by molar-refractivity contribution is 5.94. The minimum Gasteiger partial charge on any atom is -0.458 e. The Balaban J connectivity index is 1.75. The third-order valence-corrected chi connectivity index (χ3v) is 9.04. The van der Waals surface area contributed by atoms with Gasteiger partial charge in [0.2, 0.25) is 5.78 Å². The molecule has 34 heavy (non-hydrogen) atoms. The summed E-state index contributed by atoms with van der Waals surface area (Å²) in [6.45, 7) is 6.66. The van der Waals surface area contributed by atoms with Crippen LogP contribution in [0.1, 0.15) is 79.1 Å². The molecule has 186 valence electrons. The first-order valence-electron chi connectivity index (χ1n) is 12.5. The predicted octanol–water partition coefficient (Wildman–Crippen LogP) is 4.60. The van der Waals surface area contributed by atoms with Gasteiger partial charge in [-0.15, -0.1) is 0 Å². The van der Waals surface area contributed by atoms with E-state index >= 15 is 4.39 Å². The largest absolute Gasteiger partial charge is 0.458 e. The number of carbonyl (C=O) groups is 4. The Morgan fingerprint density at radius 3 is 2.59 bits per heavy atom. The molecular weight excluding hydrogens is 439 g/mol. The first-order valence-corrected chi connectivity index (χ1v) is 12.5. The van der Waals surface area contributed by atoms with Crippen LogP contribution >= 0.6 is 0 Å². The number of Topliss-reactive ketones (excluding diaryl/α,β-unsaturated/α-hetero) is 1. The molecule has 0 bridgehead atoms. The highest BCUT2D eigenvalue weighted by Crippen LogP contribution is 2.66. The van der Waals surface area contributed by atoms with Crippen molar-refractivity contribution >= 4 is 23.5 Å². The third kappa shape index (κ3) is 3.66. The molecule has 2 fully saturated rings. The average molecular weight is 475 g/mol. The molecule has 6 nitrogen and oxygen atoms in total. The molecule has 2 saturated carbocycles. The predicted molar refractivity (Wildman–Crippen MR) is 122 cm³/mol. The molecule has 0 radical (unpaired) electrons. The Bertz CT molecular complexity index is 982. The summed E-state index contributed by atoms with van der Waals surface area (Å²) in [4.78, 5) is 49.6. The molecule has 0 spiro atoms. The summed E-state index contributed by atoms with van der Waals surface area (Å²) in [7, 11) is 0. The fourth-order valence-corrected chi connectivity index (χ4v) is 7.27. The number of esters is 2. The number of hydrogen-bond acceptors (Lipinski definition) is 6. The van der Waals surface area contributed by atoms with Gasteiger partial charge in [-0.3, -0.25) is 19.2 Å². The smallest absolute Gasteiger partial charge is 0.306 e. The van der Waals surface area contributed by atoms with Gasteiger partial charge in [0.15, 0.2) is 18.0 Å². The monoisotopic (exact) mass is 474 g/mol. The Labute approximate surface area is 200 Å². The molecule has 0 unspecified atom stereocenters. The van der Waals surface area contributed by atoms with Crippen LogP contribution in [0.4, 0.5) is 4.39 Å². The van der Waals surface area contributed by atoms with Crippen LogP contribution in [0.25, 0.3) is 0 Å². The third-order valence-electron chi connectivity index (χ3n) is 9.04. The summed E-state index contributed by atoms with van der Waals surface area (Å²) >= 11 is 0. The fraction of sp³-hybridized carbons (Fsp3) is 0.704. The Kier molecular flexibility index (Phi) is 6.36. The van der Waals surface area contributed by atoms with E-state index in [4.69, 9.17) is 9.47 Å². The van der Waals surface area contributed by atoms with E-state index in [0.717, 1.165) is 5.57 Å². The summed E-state index contributed by atoms with van der Waals surface area (Å²) in [5.74, 6) is -1.59. The molecule has 0 aromatic rings. The normalized spacial score (nSPS) is 38.6. The van der Waals surface area contributed by atoms with Crippen LogP contribution in [-0.2, 0) is 28.7 Å². The number of hydrogen-bond donors (Lipinski definition) is 0. The van der Waals surface area contributed by atoms with Gasteiger partial charge in [0.05, 0.1) is 0 Å². The summed E-state index contributed by atoms with van der Waals surface area (Å²) in [6.07, 6.45) is 5.89.